The van der Waals surface area contributed by atoms with E-state index in [0.717, 1.165) is 31.7 Å². The number of methoxy groups -OCH3 is 1. The van der Waals surface area contributed by atoms with Crippen molar-refractivity contribution in [2.75, 3.05) is 25.1 Å². The van der Waals surface area contributed by atoms with Crippen LogP contribution >= 0.6 is 11.6 Å². The summed E-state index contributed by atoms with van der Waals surface area (Å²) < 4.78 is 5.28. The van der Waals surface area contributed by atoms with Gasteiger partial charge in [0.2, 0.25) is 0 Å². The van der Waals surface area contributed by atoms with E-state index < -0.39 is 0 Å². The maximum absolute atomic E-state index is 6.36. The summed E-state index contributed by atoms with van der Waals surface area (Å²) in [4.78, 5) is 2.46. The summed E-state index contributed by atoms with van der Waals surface area (Å²) in [6.45, 7) is 2.21. The second-order valence-electron chi connectivity index (χ2n) is 4.71. The topological polar surface area (TPSA) is 12.5 Å². The molecule has 0 N–H and O–H groups in total. The van der Waals surface area contributed by atoms with Crippen molar-refractivity contribution in [3.8, 4) is 5.75 Å². The van der Waals surface area contributed by atoms with Crippen LogP contribution in [-0.2, 0) is 6.42 Å². The van der Waals surface area contributed by atoms with Crippen molar-refractivity contribution >= 4 is 17.3 Å². The van der Waals surface area contributed by atoms with Crippen molar-refractivity contribution < 1.29 is 4.74 Å². The van der Waals surface area contributed by atoms with Gasteiger partial charge in [0.05, 0.1) is 7.11 Å². The average molecular weight is 238 g/mol. The minimum absolute atomic E-state index is 0.343. The lowest BCUT2D eigenvalue weighted by molar-refractivity contribution is 0.395. The Balaban J connectivity index is 1.99. The zero-order valence-corrected chi connectivity index (χ0v) is 10.2. The third-order valence-corrected chi connectivity index (χ3v) is 4.33. The molecule has 0 spiro atoms. The normalized spacial score (nSPS) is 27.5. The molecule has 0 saturated carbocycles. The van der Waals surface area contributed by atoms with E-state index in [1.165, 1.54) is 11.3 Å². The number of anilines is 1. The van der Waals surface area contributed by atoms with Crippen molar-refractivity contribution in [3.05, 3.63) is 23.8 Å². The van der Waals surface area contributed by atoms with Gasteiger partial charge < -0.3 is 9.64 Å². The highest BCUT2D eigenvalue weighted by Crippen LogP contribution is 2.38. The molecule has 2 aliphatic rings. The van der Waals surface area contributed by atoms with Gasteiger partial charge in [0.15, 0.2) is 0 Å². The van der Waals surface area contributed by atoms with E-state index in [0.29, 0.717) is 11.3 Å². The number of piperidine rings is 1. The standard InChI is InChI=1S/C13H16ClNO/c1-16-11-2-3-13-9(7-11)6-10-8-15(13)5-4-12(10)14/h2-3,7,10,12H,4-6,8H2,1H3/t10-,12-/m1/s1. The van der Waals surface area contributed by atoms with Gasteiger partial charge in [-0.25, -0.2) is 0 Å². The van der Waals surface area contributed by atoms with E-state index in [9.17, 15) is 0 Å². The first-order valence-corrected chi connectivity index (χ1v) is 6.27. The van der Waals surface area contributed by atoms with Crippen LogP contribution in [0.4, 0.5) is 5.69 Å². The number of hydrogen-bond acceptors (Lipinski definition) is 2. The quantitative estimate of drug-likeness (QED) is 0.697. The SMILES string of the molecule is COc1ccc2c(c1)C[C@@H]1CN2CC[C@H]1Cl. The molecule has 2 heterocycles. The predicted octanol–water partition coefficient (Wildman–Crippen LogP) is 2.69. The van der Waals surface area contributed by atoms with Crippen molar-refractivity contribution in [1.29, 1.82) is 0 Å². The Bertz CT molecular complexity index is 407. The van der Waals surface area contributed by atoms with Gasteiger partial charge in [0, 0.05) is 24.2 Å². The number of halogens is 1. The van der Waals surface area contributed by atoms with Crippen molar-refractivity contribution in [2.24, 2.45) is 5.92 Å². The van der Waals surface area contributed by atoms with E-state index in [1.54, 1.807) is 7.11 Å². The Hall–Kier alpha value is -0.890. The smallest absolute Gasteiger partial charge is 0.119 e. The molecule has 0 unspecified atom stereocenters. The Morgan fingerprint density at radius 1 is 1.44 bits per heavy atom. The highest BCUT2D eigenvalue weighted by atomic mass is 35.5. The monoisotopic (exact) mass is 237 g/mol. The maximum atomic E-state index is 6.36. The molecule has 1 aromatic carbocycles. The van der Waals surface area contributed by atoms with Gasteiger partial charge in [-0.2, -0.15) is 0 Å². The molecule has 2 atom stereocenters. The van der Waals surface area contributed by atoms with Crippen LogP contribution in [0, 0.1) is 5.92 Å². The van der Waals surface area contributed by atoms with Crippen LogP contribution in [0.3, 0.4) is 0 Å². The Morgan fingerprint density at radius 3 is 3.12 bits per heavy atom. The lowest BCUT2D eigenvalue weighted by Crippen LogP contribution is -2.45. The molecule has 0 amide bonds. The first-order chi connectivity index (χ1) is 7.78. The van der Waals surface area contributed by atoms with E-state index in [-0.39, 0.29) is 0 Å². The zero-order valence-electron chi connectivity index (χ0n) is 9.45. The molecule has 86 valence electrons. The van der Waals surface area contributed by atoms with Crippen molar-refractivity contribution in [3.63, 3.8) is 0 Å². The molecule has 1 fully saturated rings. The molecular weight excluding hydrogens is 222 g/mol. The van der Waals surface area contributed by atoms with Crippen LogP contribution in [0.15, 0.2) is 18.2 Å². The summed E-state index contributed by atoms with van der Waals surface area (Å²) >= 11 is 6.36. The fraction of sp³-hybridized carbons (Fsp3) is 0.538. The molecule has 1 aromatic rings. The molecule has 3 heteroatoms. The number of nitrogens with zero attached hydrogens (tertiary/aromatic N) is 1. The van der Waals surface area contributed by atoms with E-state index >= 15 is 0 Å². The predicted molar refractivity (Wildman–Crippen MR) is 66.7 cm³/mol. The lowest BCUT2D eigenvalue weighted by Gasteiger charge is -2.42. The van der Waals surface area contributed by atoms with Crippen molar-refractivity contribution in [1.82, 2.24) is 0 Å². The summed E-state index contributed by atoms with van der Waals surface area (Å²) in [7, 11) is 1.72. The van der Waals surface area contributed by atoms with Crippen LogP contribution in [0.25, 0.3) is 0 Å². The average Bonchev–Trinajstić information content (AvgIpc) is 2.33. The van der Waals surface area contributed by atoms with Crippen LogP contribution in [0.1, 0.15) is 12.0 Å². The second kappa shape index (κ2) is 3.85. The van der Waals surface area contributed by atoms with Gasteiger partial charge in [-0.1, -0.05) is 0 Å². The number of benzene rings is 1. The summed E-state index contributed by atoms with van der Waals surface area (Å²) in [6, 6.07) is 6.38. The van der Waals surface area contributed by atoms with Crippen LogP contribution in [0.2, 0.25) is 0 Å². The van der Waals surface area contributed by atoms with Crippen LogP contribution in [0.5, 0.6) is 5.75 Å². The number of fused-ring (bicyclic) bond motifs is 4. The van der Waals surface area contributed by atoms with E-state index in [4.69, 9.17) is 16.3 Å². The third kappa shape index (κ3) is 1.56. The molecular formula is C13H16ClNO. The third-order valence-electron chi connectivity index (χ3n) is 3.75. The maximum Gasteiger partial charge on any atom is 0.119 e. The molecule has 0 radical (unpaired) electrons. The minimum atomic E-state index is 0.343. The zero-order chi connectivity index (χ0) is 11.1. The van der Waals surface area contributed by atoms with Gasteiger partial charge in [-0.3, -0.25) is 0 Å². The number of ether oxygens (including phenoxy) is 1. The molecule has 0 aromatic heterocycles. The Kier molecular flexibility index (Phi) is 2.47. The molecule has 2 nitrogen and oxygen atoms in total. The first kappa shape index (κ1) is 10.3. The van der Waals surface area contributed by atoms with Crippen LogP contribution in [-0.4, -0.2) is 25.6 Å². The van der Waals surface area contributed by atoms with E-state index in [2.05, 4.69) is 17.0 Å². The van der Waals surface area contributed by atoms with Gasteiger partial charge in [0.25, 0.3) is 0 Å². The minimum Gasteiger partial charge on any atom is -0.497 e. The highest BCUT2D eigenvalue weighted by Gasteiger charge is 2.33. The van der Waals surface area contributed by atoms with Gasteiger partial charge in [-0.15, -0.1) is 11.6 Å². The first-order valence-electron chi connectivity index (χ1n) is 5.84. The fourth-order valence-electron chi connectivity index (χ4n) is 2.86. The molecule has 1 saturated heterocycles. The largest absolute Gasteiger partial charge is 0.497 e. The van der Waals surface area contributed by atoms with Crippen LogP contribution < -0.4 is 9.64 Å². The number of alkyl halides is 1. The summed E-state index contributed by atoms with van der Waals surface area (Å²) in [5.41, 5.74) is 2.77. The summed E-state index contributed by atoms with van der Waals surface area (Å²) in [5, 5.41) is 0.343. The Labute approximate surface area is 101 Å². The molecule has 2 aliphatic heterocycles. The molecule has 3 rings (SSSR count). The fourth-order valence-corrected chi connectivity index (χ4v) is 3.12. The lowest BCUT2D eigenvalue weighted by atomic mass is 9.85. The molecule has 16 heavy (non-hydrogen) atoms. The van der Waals surface area contributed by atoms with Gasteiger partial charge in [0.1, 0.15) is 5.75 Å². The summed E-state index contributed by atoms with van der Waals surface area (Å²) in [5.74, 6) is 1.56. The van der Waals surface area contributed by atoms with Crippen molar-refractivity contribution in [2.45, 2.75) is 18.2 Å². The Morgan fingerprint density at radius 2 is 2.31 bits per heavy atom. The molecule has 0 aliphatic carbocycles. The van der Waals surface area contributed by atoms with Gasteiger partial charge in [-0.05, 0) is 42.5 Å². The van der Waals surface area contributed by atoms with Gasteiger partial charge >= 0.3 is 0 Å². The highest BCUT2D eigenvalue weighted by molar-refractivity contribution is 6.21. The summed E-state index contributed by atoms with van der Waals surface area (Å²) in [6.07, 6.45) is 2.20. The van der Waals surface area contributed by atoms with E-state index in [1.807, 2.05) is 6.07 Å². The molecule has 2 bridgehead atoms. The number of rotatable bonds is 1. The second-order valence-corrected chi connectivity index (χ2v) is 5.27. The number of hydrogen-bond donors (Lipinski definition) is 0.